The average molecular weight is 345 g/mol. The summed E-state index contributed by atoms with van der Waals surface area (Å²) in [7, 11) is 1.50. The molecule has 0 radical (unpaired) electrons. The van der Waals surface area contributed by atoms with E-state index in [4.69, 9.17) is 4.79 Å². The summed E-state index contributed by atoms with van der Waals surface area (Å²) in [6.45, 7) is 6.43. The smallest absolute Gasteiger partial charge is 0.220 e. The number of unbranched alkanes of at least 4 members (excludes halogenated alkanes) is 4. The molecule has 0 fully saturated rings. The SMILES string of the molecule is C#C.CC=O.CCCCCCCC(=O)NC/C=C/SCC.CN. The summed E-state index contributed by atoms with van der Waals surface area (Å²) >= 11 is 1.75. The van der Waals surface area contributed by atoms with Crippen LogP contribution in [0.3, 0.4) is 0 Å². The second-order valence-electron chi connectivity index (χ2n) is 4.03. The summed E-state index contributed by atoms with van der Waals surface area (Å²) in [6.07, 6.45) is 17.4. The van der Waals surface area contributed by atoms with Gasteiger partial charge in [0, 0.05) is 13.0 Å². The van der Waals surface area contributed by atoms with Crippen LogP contribution in [0.25, 0.3) is 0 Å². The van der Waals surface area contributed by atoms with Crippen LogP contribution in [0.4, 0.5) is 0 Å². The summed E-state index contributed by atoms with van der Waals surface area (Å²) in [6, 6.07) is 0. The van der Waals surface area contributed by atoms with Gasteiger partial charge in [0.1, 0.15) is 6.29 Å². The van der Waals surface area contributed by atoms with Crippen molar-refractivity contribution in [1.82, 2.24) is 5.32 Å². The number of nitrogens with two attached hydrogens (primary N) is 1. The minimum Gasteiger partial charge on any atom is -0.353 e. The minimum absolute atomic E-state index is 0.183. The highest BCUT2D eigenvalue weighted by Crippen LogP contribution is 2.04. The molecule has 0 aromatic carbocycles. The summed E-state index contributed by atoms with van der Waals surface area (Å²) in [5.74, 6) is 1.27. The van der Waals surface area contributed by atoms with E-state index in [0.717, 1.165) is 18.5 Å². The highest BCUT2D eigenvalue weighted by Gasteiger charge is 1.98. The molecule has 0 atom stereocenters. The van der Waals surface area contributed by atoms with E-state index in [1.807, 2.05) is 11.5 Å². The van der Waals surface area contributed by atoms with Gasteiger partial charge in [0.05, 0.1) is 0 Å². The number of amides is 1. The van der Waals surface area contributed by atoms with Gasteiger partial charge in [-0.15, -0.1) is 24.6 Å². The molecule has 0 aromatic heterocycles. The van der Waals surface area contributed by atoms with Crippen molar-refractivity contribution in [2.45, 2.75) is 59.3 Å². The van der Waals surface area contributed by atoms with Crippen LogP contribution in [0, 0.1) is 12.8 Å². The zero-order valence-corrected chi connectivity index (χ0v) is 16.2. The van der Waals surface area contributed by atoms with Crippen LogP contribution in [0.1, 0.15) is 59.3 Å². The number of hydrogen-bond acceptors (Lipinski definition) is 4. The quantitative estimate of drug-likeness (QED) is 0.359. The van der Waals surface area contributed by atoms with Crippen molar-refractivity contribution in [2.24, 2.45) is 5.73 Å². The lowest BCUT2D eigenvalue weighted by molar-refractivity contribution is -0.121. The van der Waals surface area contributed by atoms with Gasteiger partial charge in [-0.3, -0.25) is 4.79 Å². The Bertz CT molecular complexity index is 267. The Labute approximate surface area is 148 Å². The van der Waals surface area contributed by atoms with Crippen LogP contribution < -0.4 is 11.1 Å². The summed E-state index contributed by atoms with van der Waals surface area (Å²) in [4.78, 5) is 20.2. The molecular weight excluding hydrogens is 308 g/mol. The van der Waals surface area contributed by atoms with Crippen molar-refractivity contribution < 1.29 is 9.59 Å². The van der Waals surface area contributed by atoms with Gasteiger partial charge in [-0.1, -0.05) is 45.6 Å². The fraction of sp³-hybridized carbons (Fsp3) is 0.667. The molecule has 0 saturated carbocycles. The first kappa shape index (κ1) is 29.7. The van der Waals surface area contributed by atoms with Crippen molar-refractivity contribution in [3.8, 4) is 12.8 Å². The van der Waals surface area contributed by atoms with E-state index >= 15 is 0 Å². The van der Waals surface area contributed by atoms with Crippen molar-refractivity contribution in [2.75, 3.05) is 19.3 Å². The van der Waals surface area contributed by atoms with Crippen LogP contribution in [-0.4, -0.2) is 31.5 Å². The van der Waals surface area contributed by atoms with Crippen LogP contribution in [0.15, 0.2) is 11.5 Å². The molecule has 0 rings (SSSR count). The van der Waals surface area contributed by atoms with Gasteiger partial charge >= 0.3 is 0 Å². The molecule has 0 bridgehead atoms. The number of nitrogens with one attached hydrogen (secondary N) is 1. The Morgan fingerprint density at radius 1 is 1.13 bits per heavy atom. The predicted octanol–water partition coefficient (Wildman–Crippen LogP) is 3.76. The zero-order valence-electron chi connectivity index (χ0n) is 15.3. The van der Waals surface area contributed by atoms with E-state index in [0.29, 0.717) is 13.0 Å². The van der Waals surface area contributed by atoms with Gasteiger partial charge < -0.3 is 15.8 Å². The molecule has 0 aliphatic rings. The normalized spacial score (nSPS) is 8.48. The van der Waals surface area contributed by atoms with Crippen LogP contribution >= 0.6 is 11.8 Å². The van der Waals surface area contributed by atoms with E-state index < -0.39 is 0 Å². The maximum atomic E-state index is 11.4. The van der Waals surface area contributed by atoms with E-state index in [1.165, 1.54) is 39.7 Å². The van der Waals surface area contributed by atoms with Gasteiger partial charge in [-0.05, 0) is 31.6 Å². The highest BCUT2D eigenvalue weighted by molar-refractivity contribution is 8.02. The molecule has 0 aromatic rings. The molecular formula is C18H36N2O2S. The maximum absolute atomic E-state index is 11.4. The average Bonchev–Trinajstić information content (AvgIpc) is 2.59. The van der Waals surface area contributed by atoms with Crippen LogP contribution in [0.5, 0.6) is 0 Å². The van der Waals surface area contributed by atoms with Crippen molar-refractivity contribution in [3.05, 3.63) is 11.5 Å². The summed E-state index contributed by atoms with van der Waals surface area (Å²) in [5, 5.41) is 4.94. The summed E-state index contributed by atoms with van der Waals surface area (Å²) in [5.41, 5.74) is 4.50. The maximum Gasteiger partial charge on any atom is 0.220 e. The van der Waals surface area contributed by atoms with Gasteiger partial charge in [-0.2, -0.15) is 0 Å². The lowest BCUT2D eigenvalue weighted by Gasteiger charge is -2.02. The van der Waals surface area contributed by atoms with E-state index in [-0.39, 0.29) is 5.91 Å². The number of hydrogen-bond donors (Lipinski definition) is 2. The van der Waals surface area contributed by atoms with Gasteiger partial charge in [0.15, 0.2) is 0 Å². The first-order valence-corrected chi connectivity index (χ1v) is 9.11. The Hall–Kier alpha value is -1.25. The van der Waals surface area contributed by atoms with E-state index in [2.05, 4.69) is 37.7 Å². The molecule has 0 saturated heterocycles. The fourth-order valence-corrected chi connectivity index (χ4v) is 1.79. The number of rotatable bonds is 10. The molecule has 5 heteroatoms. The second kappa shape index (κ2) is 37.2. The highest BCUT2D eigenvalue weighted by atomic mass is 32.2. The fourth-order valence-electron chi connectivity index (χ4n) is 1.36. The summed E-state index contributed by atoms with van der Waals surface area (Å²) < 4.78 is 0. The number of thioether (sulfide) groups is 1. The lowest BCUT2D eigenvalue weighted by Crippen LogP contribution is -2.22. The molecule has 0 aliphatic heterocycles. The molecule has 3 N–H and O–H groups in total. The second-order valence-corrected chi connectivity index (χ2v) is 5.21. The number of terminal acetylenes is 1. The Morgan fingerprint density at radius 3 is 2.13 bits per heavy atom. The molecule has 0 spiro atoms. The third kappa shape index (κ3) is 44.9. The standard InChI is InChI=1S/C13H25NOS.C2H4O.C2H2.CH5N/c1-3-5-6-7-8-10-13(15)14-11-9-12-16-4-2;1-2-3;2*1-2/h9,12H,3-8,10-11H2,1-2H3,(H,14,15);2H,1H3;1-2H;2H2,1H3/b12-9+;;;. The molecule has 0 unspecified atom stereocenters. The molecule has 0 heterocycles. The van der Waals surface area contributed by atoms with Gasteiger partial charge in [-0.25, -0.2) is 0 Å². The number of carbonyl (C=O) groups is 2. The molecule has 4 nitrogen and oxygen atoms in total. The molecule has 136 valence electrons. The predicted molar refractivity (Wildman–Crippen MR) is 105 cm³/mol. The first-order chi connectivity index (χ1) is 11.2. The lowest BCUT2D eigenvalue weighted by atomic mass is 10.1. The van der Waals surface area contributed by atoms with Crippen molar-refractivity contribution >= 4 is 24.0 Å². The monoisotopic (exact) mass is 344 g/mol. The first-order valence-electron chi connectivity index (χ1n) is 8.07. The van der Waals surface area contributed by atoms with Crippen molar-refractivity contribution in [1.29, 1.82) is 0 Å². The van der Waals surface area contributed by atoms with E-state index in [9.17, 15) is 4.79 Å². The largest absolute Gasteiger partial charge is 0.353 e. The molecule has 23 heavy (non-hydrogen) atoms. The Kier molecular flexibility index (Phi) is 48.1. The Balaban J connectivity index is -0.000000222. The molecule has 1 amide bonds. The third-order valence-electron chi connectivity index (χ3n) is 2.28. The Morgan fingerprint density at radius 2 is 1.65 bits per heavy atom. The van der Waals surface area contributed by atoms with Crippen LogP contribution in [0.2, 0.25) is 0 Å². The van der Waals surface area contributed by atoms with Gasteiger partial charge in [0.2, 0.25) is 5.91 Å². The van der Waals surface area contributed by atoms with Gasteiger partial charge in [0.25, 0.3) is 0 Å². The number of carbonyl (C=O) groups excluding carboxylic acids is 2. The number of aldehydes is 1. The third-order valence-corrected chi connectivity index (χ3v) is 3.00. The topological polar surface area (TPSA) is 72.2 Å². The van der Waals surface area contributed by atoms with Crippen molar-refractivity contribution in [3.63, 3.8) is 0 Å². The minimum atomic E-state index is 0.183. The molecule has 0 aliphatic carbocycles. The van der Waals surface area contributed by atoms with E-state index in [1.54, 1.807) is 11.8 Å². The zero-order chi connectivity index (χ0) is 18.8. The van der Waals surface area contributed by atoms with Crippen LogP contribution in [-0.2, 0) is 9.59 Å².